The minimum absolute atomic E-state index is 0.346. The first-order valence-corrected chi connectivity index (χ1v) is 7.77. The molecule has 0 aromatic carbocycles. The second kappa shape index (κ2) is 7.98. The Morgan fingerprint density at radius 2 is 2.20 bits per heavy atom. The van der Waals surface area contributed by atoms with Gasteiger partial charge in [-0.05, 0) is 31.3 Å². The molecule has 1 aliphatic heterocycles. The molecule has 0 aromatic rings. The molecule has 0 aliphatic carbocycles. The predicted octanol–water partition coefficient (Wildman–Crippen LogP) is 0.540. The maximum atomic E-state index is 12.1. The third-order valence-corrected chi connectivity index (χ3v) is 3.84. The Hall–Kier alpha value is -1.44. The summed E-state index contributed by atoms with van der Waals surface area (Å²) in [5.74, 6) is -0.896. The minimum atomic E-state index is -1.07. The molecule has 0 radical (unpaired) electrons. The van der Waals surface area contributed by atoms with Crippen LogP contribution < -0.4 is 5.32 Å². The zero-order valence-electron chi connectivity index (χ0n) is 11.6. The highest BCUT2D eigenvalue weighted by molar-refractivity contribution is 7.98. The number of aliphatic carboxylic acids is 1. The minimum Gasteiger partial charge on any atom is -0.480 e. The molecule has 7 nitrogen and oxygen atoms in total. The zero-order valence-corrected chi connectivity index (χ0v) is 12.4. The van der Waals surface area contributed by atoms with E-state index < -0.39 is 30.1 Å². The van der Waals surface area contributed by atoms with Crippen LogP contribution in [-0.2, 0) is 14.3 Å². The molecule has 2 atom stereocenters. The molecule has 8 heteroatoms. The number of carboxylic acids is 1. The maximum absolute atomic E-state index is 12.1. The van der Waals surface area contributed by atoms with Gasteiger partial charge in [0.15, 0.2) is 0 Å². The third-order valence-electron chi connectivity index (χ3n) is 3.19. The standard InChI is InChI=1S/C12H20N2O5S/c1-19-11(17)9-4-3-6-14(9)12(18)13-8(10(15)16)5-7-20-2/h8-9H,3-7H2,1-2H3,(H,13,18)(H,15,16). The van der Waals surface area contributed by atoms with Crippen LogP contribution in [0, 0.1) is 0 Å². The van der Waals surface area contributed by atoms with Gasteiger partial charge in [-0.15, -0.1) is 0 Å². The SMILES string of the molecule is COC(=O)C1CCCN1C(=O)NC(CCSC)C(=O)O. The van der Waals surface area contributed by atoms with Gasteiger partial charge in [-0.2, -0.15) is 11.8 Å². The topological polar surface area (TPSA) is 95.9 Å². The molecule has 1 rings (SSSR count). The van der Waals surface area contributed by atoms with E-state index in [9.17, 15) is 14.4 Å². The molecule has 0 bridgehead atoms. The first-order valence-electron chi connectivity index (χ1n) is 6.38. The van der Waals surface area contributed by atoms with E-state index in [4.69, 9.17) is 5.11 Å². The highest BCUT2D eigenvalue weighted by Crippen LogP contribution is 2.18. The van der Waals surface area contributed by atoms with Crippen LogP contribution in [0.15, 0.2) is 0 Å². The van der Waals surface area contributed by atoms with E-state index in [0.717, 1.165) is 0 Å². The first-order chi connectivity index (χ1) is 9.51. The number of carboxylic acid groups (broad SMARTS) is 1. The molecule has 2 amide bonds. The summed E-state index contributed by atoms with van der Waals surface area (Å²) >= 11 is 1.51. The zero-order chi connectivity index (χ0) is 15.1. The second-order valence-corrected chi connectivity index (χ2v) is 5.48. The van der Waals surface area contributed by atoms with Gasteiger partial charge in [0.1, 0.15) is 12.1 Å². The van der Waals surface area contributed by atoms with Crippen molar-refractivity contribution in [2.24, 2.45) is 0 Å². The summed E-state index contributed by atoms with van der Waals surface area (Å²) in [7, 11) is 1.27. The fourth-order valence-corrected chi connectivity index (χ4v) is 2.59. The highest BCUT2D eigenvalue weighted by atomic mass is 32.2. The van der Waals surface area contributed by atoms with Crippen molar-refractivity contribution in [1.29, 1.82) is 0 Å². The van der Waals surface area contributed by atoms with Crippen molar-refractivity contribution >= 4 is 29.7 Å². The smallest absolute Gasteiger partial charge is 0.328 e. The van der Waals surface area contributed by atoms with Gasteiger partial charge in [-0.25, -0.2) is 14.4 Å². The Kier molecular flexibility index (Phi) is 6.63. The Balaban J connectivity index is 2.63. The van der Waals surface area contributed by atoms with Crippen molar-refractivity contribution in [1.82, 2.24) is 10.2 Å². The van der Waals surface area contributed by atoms with Crippen LogP contribution in [0.2, 0.25) is 0 Å². The van der Waals surface area contributed by atoms with Crippen LogP contribution in [0.1, 0.15) is 19.3 Å². The van der Waals surface area contributed by atoms with Crippen LogP contribution in [-0.4, -0.2) is 65.7 Å². The fraction of sp³-hybridized carbons (Fsp3) is 0.750. The number of urea groups is 1. The number of rotatable bonds is 6. The summed E-state index contributed by atoms with van der Waals surface area (Å²) in [4.78, 5) is 36.1. The largest absolute Gasteiger partial charge is 0.480 e. The lowest BCUT2D eigenvalue weighted by Gasteiger charge is -2.25. The van der Waals surface area contributed by atoms with Crippen LogP contribution >= 0.6 is 11.8 Å². The molecule has 20 heavy (non-hydrogen) atoms. The Morgan fingerprint density at radius 1 is 1.50 bits per heavy atom. The number of esters is 1. The number of amides is 2. The van der Waals surface area contributed by atoms with Crippen molar-refractivity contribution in [3.05, 3.63) is 0 Å². The van der Waals surface area contributed by atoms with Crippen molar-refractivity contribution in [2.75, 3.05) is 25.7 Å². The van der Waals surface area contributed by atoms with Crippen LogP contribution in [0.4, 0.5) is 4.79 Å². The summed E-state index contributed by atoms with van der Waals surface area (Å²) < 4.78 is 4.65. The Labute approximate surface area is 122 Å². The first kappa shape index (κ1) is 16.6. The number of methoxy groups -OCH3 is 1. The number of nitrogens with zero attached hydrogens (tertiary/aromatic N) is 1. The average molecular weight is 304 g/mol. The van der Waals surface area contributed by atoms with E-state index in [1.807, 2.05) is 6.26 Å². The molecule has 2 N–H and O–H groups in total. The van der Waals surface area contributed by atoms with Gasteiger partial charge in [0.2, 0.25) is 0 Å². The Bertz CT molecular complexity index is 377. The number of ether oxygens (including phenoxy) is 1. The lowest BCUT2D eigenvalue weighted by atomic mass is 10.2. The maximum Gasteiger partial charge on any atom is 0.328 e. The molecular weight excluding hydrogens is 284 g/mol. The number of hydrogen-bond acceptors (Lipinski definition) is 5. The molecule has 0 spiro atoms. The third kappa shape index (κ3) is 4.29. The van der Waals surface area contributed by atoms with Crippen molar-refractivity contribution in [3.8, 4) is 0 Å². The van der Waals surface area contributed by atoms with E-state index in [-0.39, 0.29) is 0 Å². The van der Waals surface area contributed by atoms with Gasteiger partial charge < -0.3 is 20.1 Å². The summed E-state index contributed by atoms with van der Waals surface area (Å²) in [6, 6.07) is -2.07. The summed E-state index contributed by atoms with van der Waals surface area (Å²) in [5.41, 5.74) is 0. The molecule has 114 valence electrons. The van der Waals surface area contributed by atoms with Crippen molar-refractivity contribution in [3.63, 3.8) is 0 Å². The Morgan fingerprint density at radius 3 is 2.75 bits per heavy atom. The molecule has 0 aromatic heterocycles. The summed E-state index contributed by atoms with van der Waals surface area (Å²) in [6.45, 7) is 0.431. The van der Waals surface area contributed by atoms with E-state index in [0.29, 0.717) is 31.6 Å². The van der Waals surface area contributed by atoms with Gasteiger partial charge in [0, 0.05) is 6.54 Å². The molecule has 1 saturated heterocycles. The number of likely N-dealkylation sites (tertiary alicyclic amines) is 1. The van der Waals surface area contributed by atoms with E-state index in [1.54, 1.807) is 0 Å². The van der Waals surface area contributed by atoms with Crippen LogP contribution in [0.25, 0.3) is 0 Å². The monoisotopic (exact) mass is 304 g/mol. The molecule has 2 unspecified atom stereocenters. The second-order valence-electron chi connectivity index (χ2n) is 4.50. The molecule has 1 aliphatic rings. The summed E-state index contributed by atoms with van der Waals surface area (Å²) in [6.07, 6.45) is 3.46. The number of thioether (sulfide) groups is 1. The van der Waals surface area contributed by atoms with Crippen LogP contribution in [0.5, 0.6) is 0 Å². The lowest BCUT2D eigenvalue weighted by molar-refractivity contribution is -0.144. The van der Waals surface area contributed by atoms with Gasteiger partial charge >= 0.3 is 18.0 Å². The number of carbonyl (C=O) groups excluding carboxylic acids is 2. The number of carbonyl (C=O) groups is 3. The van der Waals surface area contributed by atoms with Gasteiger partial charge in [0.25, 0.3) is 0 Å². The molecular formula is C12H20N2O5S. The van der Waals surface area contributed by atoms with E-state index in [2.05, 4.69) is 10.1 Å². The lowest BCUT2D eigenvalue weighted by Crippen LogP contribution is -2.51. The highest BCUT2D eigenvalue weighted by Gasteiger charge is 2.36. The number of hydrogen-bond donors (Lipinski definition) is 2. The normalized spacial score (nSPS) is 19.5. The molecule has 1 fully saturated rings. The molecule has 0 saturated carbocycles. The predicted molar refractivity (Wildman–Crippen MR) is 74.7 cm³/mol. The van der Waals surface area contributed by atoms with Gasteiger partial charge in [-0.1, -0.05) is 0 Å². The summed E-state index contributed by atoms with van der Waals surface area (Å²) in [5, 5.41) is 11.5. The van der Waals surface area contributed by atoms with Crippen LogP contribution in [0.3, 0.4) is 0 Å². The quantitative estimate of drug-likeness (QED) is 0.695. The van der Waals surface area contributed by atoms with Crippen molar-refractivity contribution < 1.29 is 24.2 Å². The van der Waals surface area contributed by atoms with E-state index >= 15 is 0 Å². The number of nitrogens with one attached hydrogen (secondary N) is 1. The van der Waals surface area contributed by atoms with Gasteiger partial charge in [0.05, 0.1) is 7.11 Å². The average Bonchev–Trinajstić information content (AvgIpc) is 2.91. The van der Waals surface area contributed by atoms with Crippen molar-refractivity contribution in [2.45, 2.75) is 31.3 Å². The molecule has 1 heterocycles. The fourth-order valence-electron chi connectivity index (χ4n) is 2.12. The van der Waals surface area contributed by atoms with E-state index in [1.165, 1.54) is 23.8 Å². The van der Waals surface area contributed by atoms with Gasteiger partial charge in [-0.3, -0.25) is 0 Å².